The van der Waals surface area contributed by atoms with Gasteiger partial charge in [-0.05, 0) is 35.4 Å². The summed E-state index contributed by atoms with van der Waals surface area (Å²) in [4.78, 5) is 10.00. The van der Waals surface area contributed by atoms with E-state index >= 15 is 0 Å². The Morgan fingerprint density at radius 2 is 0.820 bits per heavy atom. The second-order valence-corrected chi connectivity index (χ2v) is 12.5. The Morgan fingerprint density at radius 3 is 1.46 bits per heavy atom. The van der Waals surface area contributed by atoms with Crippen LogP contribution in [0.4, 0.5) is 0 Å². The molecule has 0 aliphatic carbocycles. The molecule has 0 bridgehead atoms. The van der Waals surface area contributed by atoms with Gasteiger partial charge in [0.15, 0.2) is 5.82 Å². The summed E-state index contributed by atoms with van der Waals surface area (Å²) in [5, 5.41) is 4.38. The first kappa shape index (κ1) is 28.3. The summed E-state index contributed by atoms with van der Waals surface area (Å²) >= 11 is 0. The molecule has 0 fully saturated rings. The molecule has 3 heterocycles. The van der Waals surface area contributed by atoms with Gasteiger partial charge in [-0.2, -0.15) is 0 Å². The van der Waals surface area contributed by atoms with E-state index in [1.807, 2.05) is 54.6 Å². The Labute approximate surface area is 287 Å². The molecule has 3 aromatic heterocycles. The molecule has 0 amide bonds. The third-order valence-electron chi connectivity index (χ3n) is 9.53. The lowest BCUT2D eigenvalue weighted by molar-refractivity contribution is 0.665. The third kappa shape index (κ3) is 4.69. The van der Waals surface area contributed by atoms with E-state index in [1.165, 1.54) is 0 Å². The standard InChI is InChI=1S/C46H28N2O2/c1-3-11-30(12-4-1)40-28-41(31-13-5-2-6-14-31)48-46(47-40)32-23-21-29(22-24-32)33-25-26-35-37-17-10-19-39(45(37)50-43(35)27-33)38-18-9-16-36-34-15-7-8-20-42(34)49-44(36)38/h1-28H. The van der Waals surface area contributed by atoms with Crippen LogP contribution >= 0.6 is 0 Å². The maximum absolute atomic E-state index is 6.66. The van der Waals surface area contributed by atoms with E-state index in [0.29, 0.717) is 5.82 Å². The molecule has 234 valence electrons. The van der Waals surface area contributed by atoms with Gasteiger partial charge in [0.25, 0.3) is 0 Å². The molecule has 0 N–H and O–H groups in total. The summed E-state index contributed by atoms with van der Waals surface area (Å²) < 4.78 is 13.1. The summed E-state index contributed by atoms with van der Waals surface area (Å²) in [7, 11) is 0. The summed E-state index contributed by atoms with van der Waals surface area (Å²) in [5.41, 5.74) is 12.5. The van der Waals surface area contributed by atoms with E-state index in [-0.39, 0.29) is 0 Å². The van der Waals surface area contributed by atoms with Crippen molar-refractivity contribution >= 4 is 43.9 Å². The quantitative estimate of drug-likeness (QED) is 0.188. The summed E-state index contributed by atoms with van der Waals surface area (Å²) in [6, 6.07) is 58.4. The normalized spacial score (nSPS) is 11.6. The van der Waals surface area contributed by atoms with Crippen LogP contribution < -0.4 is 0 Å². The van der Waals surface area contributed by atoms with Gasteiger partial charge in [0.2, 0.25) is 0 Å². The van der Waals surface area contributed by atoms with Crippen LogP contribution in [0.5, 0.6) is 0 Å². The van der Waals surface area contributed by atoms with Crippen molar-refractivity contribution in [3.05, 3.63) is 170 Å². The van der Waals surface area contributed by atoms with E-state index in [0.717, 1.165) is 94.2 Å². The molecule has 0 unspecified atom stereocenters. The Balaban J connectivity index is 1.04. The van der Waals surface area contributed by atoms with Crippen molar-refractivity contribution in [1.82, 2.24) is 9.97 Å². The smallest absolute Gasteiger partial charge is 0.160 e. The molecule has 0 aliphatic rings. The fourth-order valence-corrected chi connectivity index (χ4v) is 7.05. The van der Waals surface area contributed by atoms with Crippen molar-refractivity contribution in [2.45, 2.75) is 0 Å². The Bertz CT molecular complexity index is 2790. The second-order valence-electron chi connectivity index (χ2n) is 12.5. The molecule has 0 radical (unpaired) electrons. The van der Waals surface area contributed by atoms with Crippen LogP contribution in [0.25, 0.3) is 100 Å². The zero-order valence-corrected chi connectivity index (χ0v) is 26.9. The number of hydrogen-bond acceptors (Lipinski definition) is 4. The first-order valence-corrected chi connectivity index (χ1v) is 16.7. The largest absolute Gasteiger partial charge is 0.455 e. The van der Waals surface area contributed by atoms with E-state index in [9.17, 15) is 0 Å². The van der Waals surface area contributed by atoms with Gasteiger partial charge in [-0.25, -0.2) is 9.97 Å². The average Bonchev–Trinajstić information content (AvgIpc) is 3.77. The van der Waals surface area contributed by atoms with Gasteiger partial charge >= 0.3 is 0 Å². The maximum atomic E-state index is 6.66. The molecule has 0 spiro atoms. The molecule has 0 saturated carbocycles. The van der Waals surface area contributed by atoms with E-state index in [1.54, 1.807) is 0 Å². The molecule has 0 atom stereocenters. The SMILES string of the molecule is c1ccc(-c2cc(-c3ccccc3)nc(-c3ccc(-c4ccc5c(c4)oc4c(-c6cccc7c6oc6ccccc67)cccc45)cc3)n2)cc1. The molecule has 0 aliphatic heterocycles. The fourth-order valence-electron chi connectivity index (χ4n) is 7.05. The number of nitrogens with zero attached hydrogens (tertiary/aromatic N) is 2. The number of para-hydroxylation sites is 3. The van der Waals surface area contributed by atoms with Crippen LogP contribution in [0.3, 0.4) is 0 Å². The van der Waals surface area contributed by atoms with Gasteiger partial charge in [0, 0.05) is 49.4 Å². The number of aromatic nitrogens is 2. The number of fused-ring (bicyclic) bond motifs is 6. The molecular formula is C46H28N2O2. The average molecular weight is 641 g/mol. The van der Waals surface area contributed by atoms with E-state index in [2.05, 4.69) is 115 Å². The van der Waals surface area contributed by atoms with Gasteiger partial charge in [0.05, 0.1) is 11.4 Å². The molecule has 10 rings (SSSR count). The lowest BCUT2D eigenvalue weighted by Gasteiger charge is -2.10. The second kappa shape index (κ2) is 11.4. The highest BCUT2D eigenvalue weighted by molar-refractivity contribution is 6.15. The molecule has 7 aromatic carbocycles. The first-order valence-electron chi connectivity index (χ1n) is 16.7. The highest BCUT2D eigenvalue weighted by atomic mass is 16.3. The van der Waals surface area contributed by atoms with Gasteiger partial charge in [-0.3, -0.25) is 0 Å². The monoisotopic (exact) mass is 640 g/mol. The predicted octanol–water partition coefficient (Wildman–Crippen LogP) is 12.6. The van der Waals surface area contributed by atoms with E-state index in [4.69, 9.17) is 18.8 Å². The van der Waals surface area contributed by atoms with Crippen molar-refractivity contribution < 1.29 is 8.83 Å². The van der Waals surface area contributed by atoms with Gasteiger partial charge in [-0.1, -0.05) is 146 Å². The lowest BCUT2D eigenvalue weighted by Crippen LogP contribution is -1.95. The Kier molecular flexibility index (Phi) is 6.46. The zero-order valence-electron chi connectivity index (χ0n) is 26.9. The third-order valence-corrected chi connectivity index (χ3v) is 9.53. The molecule has 0 saturated heterocycles. The molecule has 4 nitrogen and oxygen atoms in total. The minimum absolute atomic E-state index is 0.691. The van der Waals surface area contributed by atoms with Crippen LogP contribution in [-0.4, -0.2) is 9.97 Å². The van der Waals surface area contributed by atoms with Crippen molar-refractivity contribution in [3.63, 3.8) is 0 Å². The van der Waals surface area contributed by atoms with Crippen LogP contribution in [-0.2, 0) is 0 Å². The van der Waals surface area contributed by atoms with Crippen LogP contribution in [0, 0.1) is 0 Å². The lowest BCUT2D eigenvalue weighted by atomic mass is 9.99. The highest BCUT2D eigenvalue weighted by Crippen LogP contribution is 2.41. The highest BCUT2D eigenvalue weighted by Gasteiger charge is 2.18. The van der Waals surface area contributed by atoms with Gasteiger partial charge < -0.3 is 8.83 Å². The number of benzene rings is 7. The Hall–Kier alpha value is -6.78. The van der Waals surface area contributed by atoms with Crippen LogP contribution in [0.1, 0.15) is 0 Å². The maximum Gasteiger partial charge on any atom is 0.160 e. The van der Waals surface area contributed by atoms with Crippen molar-refractivity contribution in [3.8, 4) is 56.2 Å². The molecule has 50 heavy (non-hydrogen) atoms. The van der Waals surface area contributed by atoms with E-state index < -0.39 is 0 Å². The summed E-state index contributed by atoms with van der Waals surface area (Å²) in [5.74, 6) is 0.691. The minimum atomic E-state index is 0.691. The number of furan rings is 2. The molecule has 10 aromatic rings. The van der Waals surface area contributed by atoms with Crippen molar-refractivity contribution in [2.75, 3.05) is 0 Å². The van der Waals surface area contributed by atoms with Crippen LogP contribution in [0.2, 0.25) is 0 Å². The summed E-state index contributed by atoms with van der Waals surface area (Å²) in [6.07, 6.45) is 0. The zero-order chi connectivity index (χ0) is 33.0. The first-order chi connectivity index (χ1) is 24.8. The van der Waals surface area contributed by atoms with Crippen LogP contribution in [0.15, 0.2) is 179 Å². The minimum Gasteiger partial charge on any atom is -0.455 e. The number of rotatable bonds is 5. The predicted molar refractivity (Wildman–Crippen MR) is 204 cm³/mol. The molecular weight excluding hydrogens is 613 g/mol. The van der Waals surface area contributed by atoms with Gasteiger partial charge in [0.1, 0.15) is 22.3 Å². The topological polar surface area (TPSA) is 52.1 Å². The number of hydrogen-bond donors (Lipinski definition) is 0. The van der Waals surface area contributed by atoms with Gasteiger partial charge in [-0.15, -0.1) is 0 Å². The van der Waals surface area contributed by atoms with Crippen molar-refractivity contribution in [1.29, 1.82) is 0 Å². The fraction of sp³-hybridized carbons (Fsp3) is 0. The van der Waals surface area contributed by atoms with Crippen molar-refractivity contribution in [2.24, 2.45) is 0 Å². The Morgan fingerprint density at radius 1 is 0.320 bits per heavy atom. The molecule has 4 heteroatoms. The summed E-state index contributed by atoms with van der Waals surface area (Å²) in [6.45, 7) is 0.